The van der Waals surface area contributed by atoms with Crippen molar-refractivity contribution in [3.63, 3.8) is 0 Å². The molecule has 0 aliphatic heterocycles. The van der Waals surface area contributed by atoms with E-state index in [1.807, 2.05) is 12.1 Å². The lowest BCUT2D eigenvalue weighted by Crippen LogP contribution is -2.05. The van der Waals surface area contributed by atoms with E-state index in [0.29, 0.717) is 10.8 Å². The zero-order valence-corrected chi connectivity index (χ0v) is 12.6. The minimum absolute atomic E-state index is 0.262. The standard InChI is InChI=1S/C14H18ClN3O2/c1-4-9(5-10-8-16-18-17-10)11-6-12(15)14(20-3)7-13(11)19-2/h6-9H,4-5H2,1-3H3,(H,16,17,18). The molecule has 0 aliphatic carbocycles. The second-order valence-electron chi connectivity index (χ2n) is 4.50. The maximum atomic E-state index is 6.23. The molecular formula is C14H18ClN3O2. The van der Waals surface area contributed by atoms with Gasteiger partial charge in [-0.3, -0.25) is 0 Å². The van der Waals surface area contributed by atoms with E-state index in [2.05, 4.69) is 22.3 Å². The predicted octanol–water partition coefficient (Wildman–Crippen LogP) is 3.21. The Balaban J connectivity index is 2.35. The Labute approximate surface area is 123 Å². The number of ether oxygens (including phenoxy) is 2. The van der Waals surface area contributed by atoms with Crippen molar-refractivity contribution in [1.82, 2.24) is 15.4 Å². The molecule has 108 valence electrons. The predicted molar refractivity (Wildman–Crippen MR) is 77.7 cm³/mol. The van der Waals surface area contributed by atoms with Crippen LogP contribution >= 0.6 is 11.6 Å². The molecule has 0 bridgehead atoms. The molecule has 0 radical (unpaired) electrons. The number of nitrogens with one attached hydrogen (secondary N) is 1. The summed E-state index contributed by atoms with van der Waals surface area (Å²) in [6.45, 7) is 2.13. The van der Waals surface area contributed by atoms with Crippen molar-refractivity contribution in [2.75, 3.05) is 14.2 Å². The number of halogens is 1. The third kappa shape index (κ3) is 3.04. The lowest BCUT2D eigenvalue weighted by Gasteiger charge is -2.19. The molecule has 20 heavy (non-hydrogen) atoms. The first-order valence-electron chi connectivity index (χ1n) is 6.45. The minimum atomic E-state index is 0.262. The van der Waals surface area contributed by atoms with Gasteiger partial charge in [-0.1, -0.05) is 18.5 Å². The van der Waals surface area contributed by atoms with Crippen LogP contribution in [-0.4, -0.2) is 29.6 Å². The molecule has 0 saturated heterocycles. The van der Waals surface area contributed by atoms with E-state index in [1.165, 1.54) is 0 Å². The van der Waals surface area contributed by atoms with Crippen LogP contribution in [0.2, 0.25) is 5.02 Å². The Hall–Kier alpha value is -1.75. The molecule has 0 saturated carbocycles. The molecule has 1 unspecified atom stereocenters. The number of H-pyrrole nitrogens is 1. The molecule has 2 aromatic rings. The average molecular weight is 296 g/mol. The molecule has 2 rings (SSSR count). The highest BCUT2D eigenvalue weighted by Crippen LogP contribution is 2.38. The van der Waals surface area contributed by atoms with Crippen LogP contribution in [0.4, 0.5) is 0 Å². The largest absolute Gasteiger partial charge is 0.496 e. The molecule has 0 amide bonds. The van der Waals surface area contributed by atoms with Crippen LogP contribution in [0.15, 0.2) is 18.3 Å². The SMILES string of the molecule is CCC(Cc1cn[nH]n1)c1cc(Cl)c(OC)cc1OC. The third-order valence-electron chi connectivity index (χ3n) is 3.36. The maximum Gasteiger partial charge on any atom is 0.141 e. The van der Waals surface area contributed by atoms with Gasteiger partial charge < -0.3 is 9.47 Å². The van der Waals surface area contributed by atoms with Gasteiger partial charge in [-0.25, -0.2) is 0 Å². The highest BCUT2D eigenvalue weighted by molar-refractivity contribution is 6.32. The number of benzene rings is 1. The summed E-state index contributed by atoms with van der Waals surface area (Å²) < 4.78 is 10.7. The van der Waals surface area contributed by atoms with Crippen molar-refractivity contribution in [3.05, 3.63) is 34.6 Å². The zero-order chi connectivity index (χ0) is 14.5. The summed E-state index contributed by atoms with van der Waals surface area (Å²) >= 11 is 6.23. The summed E-state index contributed by atoms with van der Waals surface area (Å²) in [6.07, 6.45) is 3.47. The number of nitrogens with zero attached hydrogens (tertiary/aromatic N) is 2. The quantitative estimate of drug-likeness (QED) is 0.889. The van der Waals surface area contributed by atoms with Gasteiger partial charge in [0.1, 0.15) is 11.5 Å². The maximum absolute atomic E-state index is 6.23. The first-order valence-corrected chi connectivity index (χ1v) is 6.83. The molecule has 1 aromatic carbocycles. The smallest absolute Gasteiger partial charge is 0.141 e. The van der Waals surface area contributed by atoms with Gasteiger partial charge in [0.15, 0.2) is 0 Å². The molecule has 1 atom stereocenters. The molecule has 0 fully saturated rings. The van der Waals surface area contributed by atoms with Gasteiger partial charge in [0.05, 0.1) is 31.1 Å². The van der Waals surface area contributed by atoms with E-state index in [-0.39, 0.29) is 5.92 Å². The zero-order valence-electron chi connectivity index (χ0n) is 11.8. The molecule has 1 N–H and O–H groups in total. The van der Waals surface area contributed by atoms with Gasteiger partial charge in [0, 0.05) is 12.5 Å². The van der Waals surface area contributed by atoms with E-state index in [1.54, 1.807) is 20.4 Å². The van der Waals surface area contributed by atoms with E-state index < -0.39 is 0 Å². The number of aromatic amines is 1. The van der Waals surface area contributed by atoms with E-state index >= 15 is 0 Å². The third-order valence-corrected chi connectivity index (χ3v) is 3.65. The fourth-order valence-electron chi connectivity index (χ4n) is 2.25. The van der Waals surface area contributed by atoms with Gasteiger partial charge >= 0.3 is 0 Å². The van der Waals surface area contributed by atoms with E-state index in [4.69, 9.17) is 21.1 Å². The monoisotopic (exact) mass is 295 g/mol. The number of rotatable bonds is 6. The van der Waals surface area contributed by atoms with Gasteiger partial charge in [0.25, 0.3) is 0 Å². The van der Waals surface area contributed by atoms with Crippen molar-refractivity contribution in [1.29, 1.82) is 0 Å². The van der Waals surface area contributed by atoms with Crippen molar-refractivity contribution >= 4 is 11.6 Å². The second kappa shape index (κ2) is 6.61. The van der Waals surface area contributed by atoms with Crippen LogP contribution < -0.4 is 9.47 Å². The number of methoxy groups -OCH3 is 2. The Morgan fingerprint density at radius 1 is 1.25 bits per heavy atom. The van der Waals surface area contributed by atoms with E-state index in [9.17, 15) is 0 Å². The van der Waals surface area contributed by atoms with Crippen molar-refractivity contribution in [2.45, 2.75) is 25.7 Å². The van der Waals surface area contributed by atoms with Gasteiger partial charge in [-0.2, -0.15) is 15.4 Å². The Morgan fingerprint density at radius 3 is 2.55 bits per heavy atom. The molecule has 1 aromatic heterocycles. The van der Waals surface area contributed by atoms with Crippen molar-refractivity contribution < 1.29 is 9.47 Å². The molecule has 1 heterocycles. The summed E-state index contributed by atoms with van der Waals surface area (Å²) in [5.41, 5.74) is 1.98. The first kappa shape index (κ1) is 14.7. The van der Waals surface area contributed by atoms with Gasteiger partial charge in [-0.05, 0) is 24.0 Å². The van der Waals surface area contributed by atoms with E-state index in [0.717, 1.165) is 29.8 Å². The summed E-state index contributed by atoms with van der Waals surface area (Å²) in [6, 6.07) is 3.73. The Morgan fingerprint density at radius 2 is 2.00 bits per heavy atom. The first-order chi connectivity index (χ1) is 9.69. The number of hydrogen-bond donors (Lipinski definition) is 1. The summed E-state index contributed by atoms with van der Waals surface area (Å²) in [5.74, 6) is 1.66. The van der Waals surface area contributed by atoms with Crippen molar-refractivity contribution in [3.8, 4) is 11.5 Å². The van der Waals surface area contributed by atoms with Gasteiger partial charge in [0.2, 0.25) is 0 Å². The molecule has 0 aliphatic rings. The highest BCUT2D eigenvalue weighted by atomic mass is 35.5. The number of hydrogen-bond acceptors (Lipinski definition) is 4. The molecular weight excluding hydrogens is 278 g/mol. The summed E-state index contributed by atoms with van der Waals surface area (Å²) in [4.78, 5) is 0. The summed E-state index contributed by atoms with van der Waals surface area (Å²) in [5, 5.41) is 11.2. The fourth-order valence-corrected chi connectivity index (χ4v) is 2.50. The lowest BCUT2D eigenvalue weighted by atomic mass is 9.91. The van der Waals surface area contributed by atoms with Gasteiger partial charge in [-0.15, -0.1) is 0 Å². The van der Waals surface area contributed by atoms with Crippen LogP contribution in [0.1, 0.15) is 30.5 Å². The second-order valence-corrected chi connectivity index (χ2v) is 4.91. The number of aromatic nitrogens is 3. The van der Waals surface area contributed by atoms with Crippen LogP contribution in [0.25, 0.3) is 0 Å². The average Bonchev–Trinajstić information content (AvgIpc) is 2.97. The fraction of sp³-hybridized carbons (Fsp3) is 0.429. The molecule has 5 nitrogen and oxygen atoms in total. The van der Waals surface area contributed by atoms with Crippen molar-refractivity contribution in [2.24, 2.45) is 0 Å². The lowest BCUT2D eigenvalue weighted by molar-refractivity contribution is 0.387. The summed E-state index contributed by atoms with van der Waals surface area (Å²) in [7, 11) is 3.24. The van der Waals surface area contributed by atoms with Crippen LogP contribution in [0, 0.1) is 0 Å². The normalized spacial score (nSPS) is 12.2. The topological polar surface area (TPSA) is 60.0 Å². The van der Waals surface area contributed by atoms with Crippen LogP contribution in [0.5, 0.6) is 11.5 Å². The highest BCUT2D eigenvalue weighted by Gasteiger charge is 2.19. The van der Waals surface area contributed by atoms with Crippen LogP contribution in [-0.2, 0) is 6.42 Å². The minimum Gasteiger partial charge on any atom is -0.496 e. The Kier molecular flexibility index (Phi) is 4.84. The van der Waals surface area contributed by atoms with Crippen LogP contribution in [0.3, 0.4) is 0 Å². The molecule has 6 heteroatoms. The molecule has 0 spiro atoms. The Bertz CT molecular complexity index is 558.